The average Bonchev–Trinajstić information content (AvgIpc) is 3.25. The largest absolute Gasteiger partial charge is 0.370 e. The smallest absolute Gasteiger partial charge is 0.228 e. The SMILES string of the molecule is Cc1cccn2cc(CC(=O)N3CCOC(c4cn[nH]c4)C3)nc12. The zero-order valence-corrected chi connectivity index (χ0v) is 13.5. The molecule has 1 amide bonds. The molecule has 24 heavy (non-hydrogen) atoms. The molecule has 4 rings (SSSR count). The predicted molar refractivity (Wildman–Crippen MR) is 87.5 cm³/mol. The van der Waals surface area contributed by atoms with E-state index in [4.69, 9.17) is 4.74 Å². The van der Waals surface area contributed by atoms with E-state index in [1.807, 2.05) is 46.9 Å². The highest BCUT2D eigenvalue weighted by Gasteiger charge is 2.26. The van der Waals surface area contributed by atoms with Crippen LogP contribution in [0.25, 0.3) is 5.65 Å². The number of rotatable bonds is 3. The molecule has 0 aliphatic carbocycles. The van der Waals surface area contributed by atoms with Crippen molar-refractivity contribution in [2.24, 2.45) is 0 Å². The minimum Gasteiger partial charge on any atom is -0.370 e. The summed E-state index contributed by atoms with van der Waals surface area (Å²) < 4.78 is 7.71. The Morgan fingerprint density at radius 1 is 1.50 bits per heavy atom. The maximum atomic E-state index is 12.6. The van der Waals surface area contributed by atoms with Gasteiger partial charge in [-0.1, -0.05) is 6.07 Å². The Labute approximate surface area is 139 Å². The number of carbonyl (C=O) groups excluding carboxylic acids is 1. The molecule has 1 unspecified atom stereocenters. The molecule has 4 heterocycles. The zero-order valence-electron chi connectivity index (χ0n) is 13.5. The number of nitrogens with one attached hydrogen (secondary N) is 1. The van der Waals surface area contributed by atoms with E-state index >= 15 is 0 Å². The van der Waals surface area contributed by atoms with Crippen LogP contribution in [0.5, 0.6) is 0 Å². The third kappa shape index (κ3) is 2.78. The fourth-order valence-corrected chi connectivity index (χ4v) is 3.07. The van der Waals surface area contributed by atoms with E-state index in [1.54, 1.807) is 6.20 Å². The van der Waals surface area contributed by atoms with Crippen molar-refractivity contribution in [1.29, 1.82) is 0 Å². The summed E-state index contributed by atoms with van der Waals surface area (Å²) in [5, 5.41) is 6.73. The number of morpholine rings is 1. The molecule has 1 fully saturated rings. The Morgan fingerprint density at radius 3 is 3.21 bits per heavy atom. The van der Waals surface area contributed by atoms with Crippen molar-refractivity contribution >= 4 is 11.6 Å². The lowest BCUT2D eigenvalue weighted by Crippen LogP contribution is -2.42. The molecule has 0 spiro atoms. The van der Waals surface area contributed by atoms with Crippen LogP contribution in [0.2, 0.25) is 0 Å². The number of nitrogens with zero attached hydrogens (tertiary/aromatic N) is 4. The summed E-state index contributed by atoms with van der Waals surface area (Å²) in [5.74, 6) is 0.0767. The Balaban J connectivity index is 1.47. The first kappa shape index (κ1) is 14.9. The Morgan fingerprint density at radius 2 is 2.42 bits per heavy atom. The summed E-state index contributed by atoms with van der Waals surface area (Å²) in [4.78, 5) is 19.1. The normalized spacial score (nSPS) is 18.2. The molecule has 1 N–H and O–H groups in total. The standard InChI is InChI=1S/C17H19N5O2/c1-12-3-2-4-22-10-14(20-17(12)22)7-16(23)21-5-6-24-15(11-21)13-8-18-19-9-13/h2-4,8-10,15H,5-7,11H2,1H3,(H,18,19). The number of hydrogen-bond acceptors (Lipinski definition) is 4. The van der Waals surface area contributed by atoms with E-state index in [9.17, 15) is 4.79 Å². The second-order valence-corrected chi connectivity index (χ2v) is 6.06. The van der Waals surface area contributed by atoms with Gasteiger partial charge in [0.05, 0.1) is 31.5 Å². The van der Waals surface area contributed by atoms with Crippen molar-refractivity contribution in [2.45, 2.75) is 19.4 Å². The van der Waals surface area contributed by atoms with E-state index in [2.05, 4.69) is 15.2 Å². The highest BCUT2D eigenvalue weighted by molar-refractivity contribution is 5.78. The molecule has 7 heteroatoms. The average molecular weight is 325 g/mol. The van der Waals surface area contributed by atoms with Crippen molar-refractivity contribution in [3.63, 3.8) is 0 Å². The van der Waals surface area contributed by atoms with Gasteiger partial charge in [-0.25, -0.2) is 4.98 Å². The van der Waals surface area contributed by atoms with Crippen LogP contribution in [-0.2, 0) is 16.0 Å². The second-order valence-electron chi connectivity index (χ2n) is 6.06. The van der Waals surface area contributed by atoms with Crippen molar-refractivity contribution in [2.75, 3.05) is 19.7 Å². The number of ether oxygens (including phenoxy) is 1. The van der Waals surface area contributed by atoms with E-state index in [-0.39, 0.29) is 12.0 Å². The molecule has 124 valence electrons. The molecule has 1 aliphatic heterocycles. The predicted octanol–water partition coefficient (Wildman–Crippen LogP) is 1.51. The fourth-order valence-electron chi connectivity index (χ4n) is 3.07. The van der Waals surface area contributed by atoms with Gasteiger partial charge in [0, 0.05) is 30.7 Å². The Kier molecular flexibility index (Phi) is 3.78. The molecule has 0 radical (unpaired) electrons. The number of imidazole rings is 1. The minimum absolute atomic E-state index is 0.0767. The summed E-state index contributed by atoms with van der Waals surface area (Å²) >= 11 is 0. The lowest BCUT2D eigenvalue weighted by atomic mass is 10.1. The first-order valence-corrected chi connectivity index (χ1v) is 8.02. The third-order valence-electron chi connectivity index (χ3n) is 4.37. The number of hydrogen-bond donors (Lipinski definition) is 1. The number of carbonyl (C=O) groups is 1. The van der Waals surface area contributed by atoms with Crippen LogP contribution in [0, 0.1) is 6.92 Å². The van der Waals surface area contributed by atoms with Crippen molar-refractivity contribution in [3.05, 3.63) is 53.7 Å². The van der Waals surface area contributed by atoms with E-state index in [0.717, 1.165) is 22.5 Å². The van der Waals surface area contributed by atoms with Crippen molar-refractivity contribution in [3.8, 4) is 0 Å². The highest BCUT2D eigenvalue weighted by atomic mass is 16.5. The number of amides is 1. The van der Waals surface area contributed by atoms with Gasteiger partial charge in [0.25, 0.3) is 0 Å². The minimum atomic E-state index is -0.121. The van der Waals surface area contributed by atoms with Gasteiger partial charge in [-0.15, -0.1) is 0 Å². The summed E-state index contributed by atoms with van der Waals surface area (Å²) in [6.07, 6.45) is 7.61. The van der Waals surface area contributed by atoms with Crippen LogP contribution in [0.3, 0.4) is 0 Å². The molecule has 7 nitrogen and oxygen atoms in total. The van der Waals surface area contributed by atoms with Crippen LogP contribution >= 0.6 is 0 Å². The first-order chi connectivity index (χ1) is 11.7. The fraction of sp³-hybridized carbons (Fsp3) is 0.353. The van der Waals surface area contributed by atoms with E-state index < -0.39 is 0 Å². The molecule has 0 saturated carbocycles. The monoisotopic (exact) mass is 325 g/mol. The first-order valence-electron chi connectivity index (χ1n) is 8.02. The molecule has 1 saturated heterocycles. The summed E-state index contributed by atoms with van der Waals surface area (Å²) in [5.41, 5.74) is 3.76. The quantitative estimate of drug-likeness (QED) is 0.792. The molecule has 1 aliphatic rings. The van der Waals surface area contributed by atoms with E-state index in [0.29, 0.717) is 26.1 Å². The van der Waals surface area contributed by atoms with Gasteiger partial charge in [0.2, 0.25) is 5.91 Å². The molecule has 3 aromatic rings. The lowest BCUT2D eigenvalue weighted by Gasteiger charge is -2.32. The van der Waals surface area contributed by atoms with Gasteiger partial charge in [0.15, 0.2) is 0 Å². The van der Waals surface area contributed by atoms with Crippen LogP contribution in [0.4, 0.5) is 0 Å². The molecule has 1 atom stereocenters. The highest BCUT2D eigenvalue weighted by Crippen LogP contribution is 2.21. The van der Waals surface area contributed by atoms with Crippen LogP contribution in [-0.4, -0.2) is 50.1 Å². The summed E-state index contributed by atoms with van der Waals surface area (Å²) in [6.45, 7) is 3.71. The van der Waals surface area contributed by atoms with Gasteiger partial charge < -0.3 is 14.0 Å². The van der Waals surface area contributed by atoms with Gasteiger partial charge in [-0.2, -0.15) is 5.10 Å². The van der Waals surface area contributed by atoms with Crippen LogP contribution in [0.15, 0.2) is 36.9 Å². The molecule has 3 aromatic heterocycles. The molecule has 0 bridgehead atoms. The molecular formula is C17H19N5O2. The Bertz CT molecular complexity index is 855. The van der Waals surface area contributed by atoms with Crippen molar-refractivity contribution in [1.82, 2.24) is 24.5 Å². The number of fused-ring (bicyclic) bond motifs is 1. The number of aryl methyl sites for hydroxylation is 1. The maximum Gasteiger partial charge on any atom is 0.228 e. The van der Waals surface area contributed by atoms with Crippen LogP contribution < -0.4 is 0 Å². The van der Waals surface area contributed by atoms with E-state index in [1.165, 1.54) is 0 Å². The topological polar surface area (TPSA) is 75.5 Å². The maximum absolute atomic E-state index is 12.6. The van der Waals surface area contributed by atoms with Gasteiger partial charge in [-0.3, -0.25) is 9.89 Å². The van der Waals surface area contributed by atoms with Gasteiger partial charge in [-0.05, 0) is 18.6 Å². The molecule has 0 aromatic carbocycles. The Hall–Kier alpha value is -2.67. The molecular weight excluding hydrogens is 306 g/mol. The third-order valence-corrected chi connectivity index (χ3v) is 4.37. The zero-order chi connectivity index (χ0) is 16.5. The number of H-pyrrole nitrogens is 1. The van der Waals surface area contributed by atoms with Crippen molar-refractivity contribution < 1.29 is 9.53 Å². The van der Waals surface area contributed by atoms with Gasteiger partial charge >= 0.3 is 0 Å². The number of aromatic nitrogens is 4. The lowest BCUT2D eigenvalue weighted by molar-refractivity contribution is -0.138. The van der Waals surface area contributed by atoms with Gasteiger partial charge in [0.1, 0.15) is 11.8 Å². The second kappa shape index (κ2) is 6.09. The number of pyridine rings is 1. The summed E-state index contributed by atoms with van der Waals surface area (Å²) in [6, 6.07) is 4.00. The summed E-state index contributed by atoms with van der Waals surface area (Å²) in [7, 11) is 0. The van der Waals surface area contributed by atoms with Crippen LogP contribution in [0.1, 0.15) is 22.9 Å². The number of aromatic amines is 1.